The highest BCUT2D eigenvalue weighted by molar-refractivity contribution is 5.92. The zero-order chi connectivity index (χ0) is 32.0. The molecule has 0 saturated carbocycles. The maximum absolute atomic E-state index is 14.0. The monoisotopic (exact) mass is 603 g/mol. The van der Waals surface area contributed by atoms with Crippen molar-refractivity contribution in [3.05, 3.63) is 88.0 Å². The molecular weight excluding hydrogens is 561 g/mol. The van der Waals surface area contributed by atoms with Gasteiger partial charge in [0.05, 0.1) is 30.9 Å². The van der Waals surface area contributed by atoms with Crippen molar-refractivity contribution in [3.8, 4) is 11.1 Å². The number of hydrogen-bond donors (Lipinski definition) is 4. The van der Waals surface area contributed by atoms with Crippen LogP contribution in [-0.2, 0) is 28.9 Å². The van der Waals surface area contributed by atoms with E-state index in [9.17, 15) is 24.2 Å². The topological polar surface area (TPSA) is 123 Å². The van der Waals surface area contributed by atoms with Gasteiger partial charge < -0.3 is 25.5 Å². The first-order chi connectivity index (χ1) is 20.9. The van der Waals surface area contributed by atoms with E-state index in [-0.39, 0.29) is 30.6 Å². The van der Waals surface area contributed by atoms with Gasteiger partial charge in [0.2, 0.25) is 5.91 Å². The number of aliphatic hydroxyl groups is 2. The van der Waals surface area contributed by atoms with Crippen LogP contribution in [0.2, 0.25) is 0 Å². The minimum absolute atomic E-state index is 0.00968. The minimum Gasteiger partial charge on any atom is -0.481 e. The molecule has 9 heteroatoms. The lowest BCUT2D eigenvalue weighted by Gasteiger charge is -2.25. The number of carboxylic acids is 1. The summed E-state index contributed by atoms with van der Waals surface area (Å²) in [6, 6.07) is 12.4. The van der Waals surface area contributed by atoms with Crippen molar-refractivity contribution >= 4 is 23.6 Å². The molecule has 4 N–H and O–H groups in total. The highest BCUT2D eigenvalue weighted by Gasteiger charge is 2.24. The smallest absolute Gasteiger partial charge is 0.305 e. The van der Waals surface area contributed by atoms with Crippen LogP contribution in [0.15, 0.2) is 48.5 Å². The Morgan fingerprint density at radius 2 is 1.80 bits per heavy atom. The van der Waals surface area contributed by atoms with Gasteiger partial charge in [-0.15, -0.1) is 0 Å². The summed E-state index contributed by atoms with van der Waals surface area (Å²) in [4.78, 5) is 30.4. The molecule has 0 bridgehead atoms. The van der Waals surface area contributed by atoms with E-state index in [2.05, 4.69) is 11.4 Å². The van der Waals surface area contributed by atoms with E-state index < -0.39 is 24.6 Å². The van der Waals surface area contributed by atoms with Crippen molar-refractivity contribution in [2.75, 3.05) is 26.0 Å². The summed E-state index contributed by atoms with van der Waals surface area (Å²) in [7, 11) is 3.70. The third kappa shape index (κ3) is 8.59. The van der Waals surface area contributed by atoms with Crippen molar-refractivity contribution in [1.29, 1.82) is 0 Å². The van der Waals surface area contributed by atoms with Crippen LogP contribution >= 0.6 is 0 Å². The molecule has 1 aromatic heterocycles. The Morgan fingerprint density at radius 3 is 2.45 bits per heavy atom. The van der Waals surface area contributed by atoms with Gasteiger partial charge in [-0.05, 0) is 91.4 Å². The number of halogens is 1. The van der Waals surface area contributed by atoms with Crippen LogP contribution in [0.1, 0.15) is 72.7 Å². The zero-order valence-corrected chi connectivity index (χ0v) is 25.8. The van der Waals surface area contributed by atoms with Crippen LogP contribution < -0.4 is 5.32 Å². The summed E-state index contributed by atoms with van der Waals surface area (Å²) >= 11 is 0. The highest BCUT2D eigenvalue weighted by atomic mass is 19.1. The molecule has 2 atom stereocenters. The Hall–Kier alpha value is -3.92. The standard InChI is InChI=1S/C35H42FN3O5/c1-21(2)35-30(15-14-27(40)18-28(41)19-33(43)44)34(23-8-11-25(36)12-9-23)29-7-5-6-22-10-13-26(37-32(42)20-39(3)4)16-24(22)17-31(29)38-35/h8-16,21,27-28,40-41H,5-7,17-20H2,1-4H3,(H,37,42)(H,43,44)/b15-14+/t27-,28-/m1/s1. The minimum atomic E-state index is -1.18. The largest absolute Gasteiger partial charge is 0.481 e. The third-order valence-corrected chi connectivity index (χ3v) is 7.72. The van der Waals surface area contributed by atoms with Gasteiger partial charge in [-0.2, -0.15) is 0 Å². The van der Waals surface area contributed by atoms with E-state index in [1.54, 1.807) is 24.3 Å². The van der Waals surface area contributed by atoms with E-state index in [1.165, 1.54) is 17.7 Å². The number of aliphatic carboxylic acids is 1. The number of carboxylic acid groups (broad SMARTS) is 1. The van der Waals surface area contributed by atoms with Crippen LogP contribution in [0.5, 0.6) is 0 Å². The number of rotatable bonds is 11. The fourth-order valence-corrected chi connectivity index (χ4v) is 5.76. The second-order valence-electron chi connectivity index (χ2n) is 12.1. The molecule has 4 rings (SSSR count). The summed E-state index contributed by atoms with van der Waals surface area (Å²) in [6.07, 6.45) is 3.55. The lowest BCUT2D eigenvalue weighted by atomic mass is 9.83. The molecular formula is C35H42FN3O5. The van der Waals surface area contributed by atoms with Crippen molar-refractivity contribution < 1.29 is 29.3 Å². The normalized spacial score (nSPS) is 14.6. The number of nitrogens with zero attached hydrogens (tertiary/aromatic N) is 2. The lowest BCUT2D eigenvalue weighted by Crippen LogP contribution is -2.27. The van der Waals surface area contributed by atoms with Crippen LogP contribution in [0.3, 0.4) is 0 Å². The average Bonchev–Trinajstić information content (AvgIpc) is 2.91. The molecule has 0 fully saturated rings. The zero-order valence-electron chi connectivity index (χ0n) is 25.8. The SMILES string of the molecule is CC(C)c1nc2c(c(-c3ccc(F)cc3)c1/C=C/[C@@H](O)C[C@@H](O)CC(=O)O)CCCc1ccc(NC(=O)CN(C)C)cc1C2. The maximum Gasteiger partial charge on any atom is 0.305 e. The Labute approximate surface area is 258 Å². The van der Waals surface area contributed by atoms with Gasteiger partial charge >= 0.3 is 5.97 Å². The van der Waals surface area contributed by atoms with Crippen molar-refractivity contribution in [3.63, 3.8) is 0 Å². The second-order valence-corrected chi connectivity index (χ2v) is 12.1. The van der Waals surface area contributed by atoms with Crippen molar-refractivity contribution in [2.45, 2.75) is 70.5 Å². The first-order valence-electron chi connectivity index (χ1n) is 15.0. The average molecular weight is 604 g/mol. The highest BCUT2D eigenvalue weighted by Crippen LogP contribution is 2.38. The molecule has 1 aliphatic carbocycles. The molecule has 0 radical (unpaired) electrons. The van der Waals surface area contributed by atoms with Gasteiger partial charge in [0, 0.05) is 29.8 Å². The summed E-state index contributed by atoms with van der Waals surface area (Å²) in [5, 5.41) is 32.7. The van der Waals surface area contributed by atoms with E-state index >= 15 is 0 Å². The summed E-state index contributed by atoms with van der Waals surface area (Å²) < 4.78 is 14.0. The van der Waals surface area contributed by atoms with Gasteiger partial charge in [-0.25, -0.2) is 4.39 Å². The molecule has 8 nitrogen and oxygen atoms in total. The molecule has 0 spiro atoms. The molecule has 2 aromatic carbocycles. The first kappa shape index (κ1) is 33.0. The lowest BCUT2D eigenvalue weighted by molar-refractivity contribution is -0.139. The fourth-order valence-electron chi connectivity index (χ4n) is 5.76. The first-order valence-corrected chi connectivity index (χ1v) is 15.0. The Bertz CT molecular complexity index is 1520. The molecule has 1 heterocycles. The number of carbonyl (C=O) groups excluding carboxylic acids is 1. The molecule has 1 aliphatic rings. The molecule has 234 valence electrons. The number of aryl methyl sites for hydroxylation is 1. The number of pyridine rings is 1. The number of hydrogen-bond acceptors (Lipinski definition) is 6. The van der Waals surface area contributed by atoms with Gasteiger partial charge in [-0.3, -0.25) is 14.6 Å². The summed E-state index contributed by atoms with van der Waals surface area (Å²) in [5.41, 5.74) is 8.38. The quantitative estimate of drug-likeness (QED) is 0.238. The number of aliphatic hydroxyl groups excluding tert-OH is 2. The molecule has 0 unspecified atom stereocenters. The Morgan fingerprint density at radius 1 is 1.07 bits per heavy atom. The van der Waals surface area contributed by atoms with E-state index in [0.717, 1.165) is 64.2 Å². The third-order valence-electron chi connectivity index (χ3n) is 7.72. The van der Waals surface area contributed by atoms with E-state index in [4.69, 9.17) is 10.1 Å². The molecule has 0 aliphatic heterocycles. The van der Waals surface area contributed by atoms with Crippen LogP contribution in [0.4, 0.5) is 10.1 Å². The van der Waals surface area contributed by atoms with Gasteiger partial charge in [0.25, 0.3) is 0 Å². The predicted octanol–water partition coefficient (Wildman–Crippen LogP) is 5.19. The number of amides is 1. The van der Waals surface area contributed by atoms with Gasteiger partial charge in [0.15, 0.2) is 0 Å². The second kappa shape index (κ2) is 14.7. The molecule has 3 aromatic rings. The predicted molar refractivity (Wildman–Crippen MR) is 170 cm³/mol. The van der Waals surface area contributed by atoms with Crippen LogP contribution in [0, 0.1) is 5.82 Å². The number of benzene rings is 2. The molecule has 0 saturated heterocycles. The number of likely N-dealkylation sites (N-methyl/N-ethyl adjacent to an activating group) is 1. The Kier molecular flexibility index (Phi) is 11.0. The number of aromatic nitrogens is 1. The number of anilines is 1. The molecule has 1 amide bonds. The Balaban J connectivity index is 1.81. The summed E-state index contributed by atoms with van der Waals surface area (Å²) in [5.74, 6) is -1.55. The fraction of sp³-hybridized carbons (Fsp3) is 0.400. The van der Waals surface area contributed by atoms with Gasteiger partial charge in [0.1, 0.15) is 5.82 Å². The number of carbonyl (C=O) groups is 2. The summed E-state index contributed by atoms with van der Waals surface area (Å²) in [6.45, 7) is 4.37. The number of nitrogens with one attached hydrogen (secondary N) is 1. The van der Waals surface area contributed by atoms with E-state index in [1.807, 2.05) is 45.0 Å². The molecule has 44 heavy (non-hydrogen) atoms. The number of fused-ring (bicyclic) bond motifs is 2. The van der Waals surface area contributed by atoms with Crippen LogP contribution in [0.25, 0.3) is 17.2 Å². The van der Waals surface area contributed by atoms with Crippen molar-refractivity contribution in [1.82, 2.24) is 9.88 Å². The van der Waals surface area contributed by atoms with Crippen molar-refractivity contribution in [2.24, 2.45) is 0 Å². The van der Waals surface area contributed by atoms with Crippen LogP contribution in [-0.4, -0.2) is 69.9 Å². The van der Waals surface area contributed by atoms with E-state index in [0.29, 0.717) is 6.42 Å². The van der Waals surface area contributed by atoms with Gasteiger partial charge in [-0.1, -0.05) is 44.2 Å². The maximum atomic E-state index is 14.0.